The Balaban J connectivity index is 2.63. The summed E-state index contributed by atoms with van der Waals surface area (Å²) >= 11 is 17.8. The molecule has 2 rings (SSSR count). The van der Waals surface area contributed by atoms with Gasteiger partial charge in [0.2, 0.25) is 5.95 Å². The zero-order chi connectivity index (χ0) is 14.9. The van der Waals surface area contributed by atoms with Gasteiger partial charge in [0.05, 0.1) is 27.7 Å². The van der Waals surface area contributed by atoms with E-state index in [9.17, 15) is 9.18 Å². The maximum Gasteiger partial charge on any atom is 0.339 e. The van der Waals surface area contributed by atoms with Crippen molar-refractivity contribution in [1.82, 2.24) is 4.98 Å². The molecule has 0 bridgehead atoms. The lowest BCUT2D eigenvalue weighted by Gasteiger charge is -2.09. The number of rotatable bonds is 2. The predicted octanol–water partition coefficient (Wildman–Crippen LogP) is 4.63. The first-order valence-electron chi connectivity index (χ1n) is 5.33. The summed E-state index contributed by atoms with van der Waals surface area (Å²) < 4.78 is 18.4. The van der Waals surface area contributed by atoms with Gasteiger partial charge in [0.15, 0.2) is 0 Å². The van der Waals surface area contributed by atoms with Gasteiger partial charge in [-0.2, -0.15) is 4.39 Å². The number of carbonyl (C=O) groups is 1. The minimum Gasteiger partial charge on any atom is -0.465 e. The number of esters is 1. The second kappa shape index (κ2) is 5.95. The van der Waals surface area contributed by atoms with Gasteiger partial charge in [-0.15, -0.1) is 0 Å². The van der Waals surface area contributed by atoms with Crippen LogP contribution in [0, 0.1) is 5.95 Å². The van der Waals surface area contributed by atoms with Crippen molar-refractivity contribution in [3.63, 3.8) is 0 Å². The maximum atomic E-state index is 13.8. The first kappa shape index (κ1) is 15.0. The van der Waals surface area contributed by atoms with Crippen LogP contribution in [0.5, 0.6) is 0 Å². The Labute approximate surface area is 129 Å². The number of carbonyl (C=O) groups excluding carboxylic acids is 1. The molecule has 0 fully saturated rings. The molecule has 7 heteroatoms. The van der Waals surface area contributed by atoms with Crippen molar-refractivity contribution in [1.29, 1.82) is 0 Å². The zero-order valence-corrected chi connectivity index (χ0v) is 12.4. The molecule has 0 saturated carbocycles. The van der Waals surface area contributed by atoms with Crippen molar-refractivity contribution in [2.75, 3.05) is 7.11 Å². The van der Waals surface area contributed by atoms with Crippen molar-refractivity contribution in [3.8, 4) is 11.1 Å². The summed E-state index contributed by atoms with van der Waals surface area (Å²) in [6.07, 6.45) is 1.08. The van der Waals surface area contributed by atoms with Crippen LogP contribution >= 0.6 is 34.8 Å². The van der Waals surface area contributed by atoms with Gasteiger partial charge in [0, 0.05) is 17.3 Å². The summed E-state index contributed by atoms with van der Waals surface area (Å²) in [5.41, 5.74) is 0.430. The number of nitrogens with zero attached hydrogens (tertiary/aromatic N) is 1. The molecule has 0 spiro atoms. The number of aromatic nitrogens is 1. The Morgan fingerprint density at radius 3 is 2.55 bits per heavy atom. The molecule has 0 amide bonds. The van der Waals surface area contributed by atoms with E-state index in [2.05, 4.69) is 9.72 Å². The van der Waals surface area contributed by atoms with Gasteiger partial charge >= 0.3 is 5.97 Å². The molecule has 0 N–H and O–H groups in total. The van der Waals surface area contributed by atoms with Crippen molar-refractivity contribution in [3.05, 3.63) is 51.0 Å². The lowest BCUT2D eigenvalue weighted by molar-refractivity contribution is 0.0600. The first-order valence-corrected chi connectivity index (χ1v) is 6.46. The minimum absolute atomic E-state index is 0.0384. The quantitative estimate of drug-likeness (QED) is 0.456. The van der Waals surface area contributed by atoms with Crippen LogP contribution in [-0.4, -0.2) is 18.1 Å². The molecule has 0 unspecified atom stereocenters. The molecule has 0 aliphatic carbocycles. The van der Waals surface area contributed by atoms with Crippen LogP contribution in [0.2, 0.25) is 15.1 Å². The molecule has 0 saturated heterocycles. The van der Waals surface area contributed by atoms with E-state index in [-0.39, 0.29) is 31.8 Å². The normalized spacial score (nSPS) is 10.4. The Morgan fingerprint density at radius 1 is 1.20 bits per heavy atom. The summed E-state index contributed by atoms with van der Waals surface area (Å²) in [5, 5.41) is 0.438. The second-order valence-electron chi connectivity index (χ2n) is 3.78. The average Bonchev–Trinajstić information content (AvgIpc) is 2.45. The molecule has 1 heterocycles. The number of halogens is 4. The van der Waals surface area contributed by atoms with E-state index >= 15 is 0 Å². The molecule has 3 nitrogen and oxygen atoms in total. The third kappa shape index (κ3) is 2.73. The number of hydrogen-bond donors (Lipinski definition) is 0. The Bertz CT molecular complexity index is 692. The molecule has 0 aliphatic rings. The highest BCUT2D eigenvalue weighted by atomic mass is 35.5. The van der Waals surface area contributed by atoms with E-state index in [4.69, 9.17) is 34.8 Å². The maximum absolute atomic E-state index is 13.8. The van der Waals surface area contributed by atoms with Crippen LogP contribution in [0.4, 0.5) is 4.39 Å². The van der Waals surface area contributed by atoms with E-state index in [0.717, 1.165) is 6.20 Å². The molecule has 2 aromatic rings. The first-order chi connectivity index (χ1) is 9.45. The van der Waals surface area contributed by atoms with E-state index in [1.54, 1.807) is 0 Å². The summed E-state index contributed by atoms with van der Waals surface area (Å²) in [4.78, 5) is 15.0. The zero-order valence-electron chi connectivity index (χ0n) is 10.1. The molecule has 1 aromatic heterocycles. The van der Waals surface area contributed by atoms with Gasteiger partial charge in [-0.1, -0.05) is 40.9 Å². The predicted molar refractivity (Wildman–Crippen MR) is 76.0 cm³/mol. The molecule has 0 radical (unpaired) electrons. The van der Waals surface area contributed by atoms with Gasteiger partial charge in [-0.3, -0.25) is 0 Å². The topological polar surface area (TPSA) is 39.2 Å². The van der Waals surface area contributed by atoms with Crippen LogP contribution in [0.1, 0.15) is 10.4 Å². The van der Waals surface area contributed by atoms with Gasteiger partial charge in [0.25, 0.3) is 0 Å². The van der Waals surface area contributed by atoms with E-state index in [1.165, 1.54) is 25.3 Å². The summed E-state index contributed by atoms with van der Waals surface area (Å²) in [5.74, 6) is -1.41. The lowest BCUT2D eigenvalue weighted by Crippen LogP contribution is -2.03. The summed E-state index contributed by atoms with van der Waals surface area (Å²) in [6.45, 7) is 0. The highest BCUT2D eigenvalue weighted by Gasteiger charge is 2.17. The summed E-state index contributed by atoms with van der Waals surface area (Å²) in [7, 11) is 1.22. The van der Waals surface area contributed by atoms with Crippen molar-refractivity contribution < 1.29 is 13.9 Å². The fraction of sp³-hybridized carbons (Fsp3) is 0.0769. The molecular formula is C13H7Cl3FNO2. The Hall–Kier alpha value is -1.36. The SMILES string of the molecule is COC(=O)c1cnc(F)c(-c2ccc(Cl)c(Cl)c2Cl)c1. The highest BCUT2D eigenvalue weighted by Crippen LogP contribution is 2.38. The number of hydrogen-bond acceptors (Lipinski definition) is 3. The molecule has 1 aromatic carbocycles. The minimum atomic E-state index is -0.780. The van der Waals surface area contributed by atoms with E-state index in [0.29, 0.717) is 0 Å². The highest BCUT2D eigenvalue weighted by molar-refractivity contribution is 6.49. The molecule has 0 aliphatic heterocycles. The standard InChI is InChI=1S/C13H7Cl3FNO2/c1-20-13(19)6-4-8(12(17)18-5-6)7-2-3-9(14)11(16)10(7)15/h2-5H,1H3. The monoisotopic (exact) mass is 333 g/mol. The van der Waals surface area contributed by atoms with Crippen molar-refractivity contribution >= 4 is 40.8 Å². The van der Waals surface area contributed by atoms with Gasteiger partial charge in [0.1, 0.15) is 0 Å². The number of ether oxygens (including phenoxy) is 1. The van der Waals surface area contributed by atoms with E-state index in [1.807, 2.05) is 0 Å². The molecular weight excluding hydrogens is 328 g/mol. The lowest BCUT2D eigenvalue weighted by atomic mass is 10.1. The fourth-order valence-corrected chi connectivity index (χ4v) is 2.24. The second-order valence-corrected chi connectivity index (χ2v) is 4.94. The third-order valence-corrected chi connectivity index (χ3v) is 3.88. The molecule has 20 heavy (non-hydrogen) atoms. The molecule has 0 atom stereocenters. The Kier molecular flexibility index (Phi) is 4.48. The molecule has 104 valence electrons. The largest absolute Gasteiger partial charge is 0.465 e. The van der Waals surface area contributed by atoms with Crippen LogP contribution in [0.15, 0.2) is 24.4 Å². The van der Waals surface area contributed by atoms with E-state index < -0.39 is 11.9 Å². The van der Waals surface area contributed by atoms with Crippen molar-refractivity contribution in [2.45, 2.75) is 0 Å². The van der Waals surface area contributed by atoms with Crippen LogP contribution < -0.4 is 0 Å². The smallest absolute Gasteiger partial charge is 0.339 e. The van der Waals surface area contributed by atoms with Crippen LogP contribution in [-0.2, 0) is 4.74 Å². The average molecular weight is 335 g/mol. The van der Waals surface area contributed by atoms with Crippen LogP contribution in [0.3, 0.4) is 0 Å². The van der Waals surface area contributed by atoms with Gasteiger partial charge in [-0.25, -0.2) is 9.78 Å². The van der Waals surface area contributed by atoms with Crippen LogP contribution in [0.25, 0.3) is 11.1 Å². The fourth-order valence-electron chi connectivity index (χ4n) is 1.60. The Morgan fingerprint density at radius 2 is 1.90 bits per heavy atom. The number of benzene rings is 1. The number of methoxy groups -OCH3 is 1. The summed E-state index contributed by atoms with van der Waals surface area (Å²) in [6, 6.07) is 4.27. The van der Waals surface area contributed by atoms with Gasteiger partial charge in [-0.05, 0) is 12.1 Å². The third-order valence-electron chi connectivity index (χ3n) is 2.59. The van der Waals surface area contributed by atoms with Crippen molar-refractivity contribution in [2.24, 2.45) is 0 Å². The van der Waals surface area contributed by atoms with Gasteiger partial charge < -0.3 is 4.74 Å². The number of pyridine rings is 1.